The van der Waals surface area contributed by atoms with Gasteiger partial charge in [-0.3, -0.25) is 9.20 Å². The molecule has 0 saturated heterocycles. The predicted molar refractivity (Wildman–Crippen MR) is 107 cm³/mol. The molecule has 5 nitrogen and oxygen atoms in total. The first kappa shape index (κ1) is 18.5. The third kappa shape index (κ3) is 3.90. The molecule has 0 radical (unpaired) electrons. The Labute approximate surface area is 161 Å². The lowest BCUT2D eigenvalue weighted by Gasteiger charge is -2.10. The van der Waals surface area contributed by atoms with Gasteiger partial charge in [-0.05, 0) is 71.6 Å². The molecule has 0 saturated carbocycles. The van der Waals surface area contributed by atoms with E-state index in [1.165, 1.54) is 0 Å². The van der Waals surface area contributed by atoms with Gasteiger partial charge in [0.05, 0.1) is 12.3 Å². The summed E-state index contributed by atoms with van der Waals surface area (Å²) in [6.45, 7) is 8.70. The van der Waals surface area contributed by atoms with Gasteiger partial charge >= 0.3 is 0 Å². The number of nitrogens with one attached hydrogen (secondary N) is 1. The summed E-state index contributed by atoms with van der Waals surface area (Å²) in [5.41, 5.74) is 3.74. The number of hydrogen-bond donors (Lipinski definition) is 1. The second kappa shape index (κ2) is 7.50. The van der Waals surface area contributed by atoms with Crippen molar-refractivity contribution < 1.29 is 9.53 Å². The Morgan fingerprint density at radius 2 is 1.96 bits per heavy atom. The van der Waals surface area contributed by atoms with Gasteiger partial charge in [-0.1, -0.05) is 13.8 Å². The minimum absolute atomic E-state index is 0.191. The van der Waals surface area contributed by atoms with E-state index in [4.69, 9.17) is 4.74 Å². The van der Waals surface area contributed by atoms with E-state index in [1.807, 2.05) is 54.8 Å². The van der Waals surface area contributed by atoms with Crippen molar-refractivity contribution in [3.8, 4) is 5.75 Å². The number of nitrogens with zero attached hydrogens (tertiary/aromatic N) is 2. The van der Waals surface area contributed by atoms with E-state index in [-0.39, 0.29) is 5.91 Å². The maximum absolute atomic E-state index is 12.8. The molecule has 2 heterocycles. The fourth-order valence-corrected chi connectivity index (χ4v) is 3.29. The van der Waals surface area contributed by atoms with Gasteiger partial charge in [-0.15, -0.1) is 0 Å². The van der Waals surface area contributed by atoms with Crippen LogP contribution in [-0.2, 0) is 0 Å². The van der Waals surface area contributed by atoms with E-state index in [0.717, 1.165) is 21.4 Å². The molecule has 3 aromatic rings. The van der Waals surface area contributed by atoms with Gasteiger partial charge in [-0.2, -0.15) is 0 Å². The van der Waals surface area contributed by atoms with E-state index >= 15 is 0 Å². The number of aryl methyl sites for hydroxylation is 2. The number of ether oxygens (including phenoxy) is 1. The van der Waals surface area contributed by atoms with Crippen LogP contribution < -0.4 is 10.1 Å². The summed E-state index contributed by atoms with van der Waals surface area (Å²) >= 11 is 3.48. The lowest BCUT2D eigenvalue weighted by Crippen LogP contribution is -2.15. The molecule has 2 aromatic heterocycles. The number of rotatable bonds is 5. The van der Waals surface area contributed by atoms with E-state index < -0.39 is 0 Å². The number of anilines is 1. The van der Waals surface area contributed by atoms with Crippen LogP contribution in [0, 0.1) is 19.8 Å². The fourth-order valence-electron chi connectivity index (χ4n) is 2.74. The zero-order chi connectivity index (χ0) is 18.8. The number of amides is 1. The van der Waals surface area contributed by atoms with Gasteiger partial charge in [-0.25, -0.2) is 4.98 Å². The van der Waals surface area contributed by atoms with Crippen molar-refractivity contribution >= 4 is 33.2 Å². The van der Waals surface area contributed by atoms with Crippen LogP contribution in [0.25, 0.3) is 5.65 Å². The quantitative estimate of drug-likeness (QED) is 0.637. The third-order valence-electron chi connectivity index (χ3n) is 3.96. The lowest BCUT2D eigenvalue weighted by atomic mass is 10.2. The molecule has 0 aliphatic carbocycles. The van der Waals surface area contributed by atoms with Crippen LogP contribution in [0.15, 0.2) is 41.0 Å². The average molecular weight is 416 g/mol. The largest absolute Gasteiger partial charge is 0.493 e. The van der Waals surface area contributed by atoms with E-state index in [2.05, 4.69) is 40.1 Å². The number of carbonyl (C=O) groups excluding carboxylic acids is 1. The lowest BCUT2D eigenvalue weighted by molar-refractivity contribution is 0.102. The van der Waals surface area contributed by atoms with Crippen molar-refractivity contribution in [1.82, 2.24) is 9.38 Å². The number of imidazole rings is 1. The Balaban J connectivity index is 1.82. The summed E-state index contributed by atoms with van der Waals surface area (Å²) in [6.07, 6.45) is 1.86. The molecule has 6 heteroatoms. The third-order valence-corrected chi connectivity index (χ3v) is 4.39. The zero-order valence-electron chi connectivity index (χ0n) is 15.3. The Hall–Kier alpha value is -2.34. The molecule has 136 valence electrons. The van der Waals surface area contributed by atoms with Crippen molar-refractivity contribution in [3.05, 3.63) is 58.0 Å². The smallest absolute Gasteiger partial charge is 0.274 e. The van der Waals surface area contributed by atoms with Crippen molar-refractivity contribution in [2.45, 2.75) is 27.7 Å². The molecule has 0 aliphatic heterocycles. The highest BCUT2D eigenvalue weighted by Crippen LogP contribution is 2.22. The summed E-state index contributed by atoms with van der Waals surface area (Å²) in [5, 5.41) is 2.94. The SMILES string of the molecule is Cc1nc2c(C)cc(Br)cn2c1C(=O)Nc1ccc(OCC(C)C)cc1. The van der Waals surface area contributed by atoms with Gasteiger partial charge < -0.3 is 10.1 Å². The van der Waals surface area contributed by atoms with Crippen molar-refractivity contribution in [2.75, 3.05) is 11.9 Å². The first-order valence-electron chi connectivity index (χ1n) is 8.54. The molecule has 0 aliphatic rings. The molecule has 0 bridgehead atoms. The number of fused-ring (bicyclic) bond motifs is 1. The number of aromatic nitrogens is 2. The van der Waals surface area contributed by atoms with Gasteiger partial charge in [0.15, 0.2) is 0 Å². The van der Waals surface area contributed by atoms with Crippen LogP contribution in [-0.4, -0.2) is 21.9 Å². The molecule has 0 unspecified atom stereocenters. The maximum atomic E-state index is 12.8. The minimum atomic E-state index is -0.191. The minimum Gasteiger partial charge on any atom is -0.493 e. The number of halogens is 1. The number of carbonyl (C=O) groups is 1. The van der Waals surface area contributed by atoms with Crippen molar-refractivity contribution in [2.24, 2.45) is 5.92 Å². The van der Waals surface area contributed by atoms with Crippen molar-refractivity contribution in [3.63, 3.8) is 0 Å². The van der Waals surface area contributed by atoms with Gasteiger partial charge in [0.2, 0.25) is 0 Å². The van der Waals surface area contributed by atoms with Crippen molar-refractivity contribution in [1.29, 1.82) is 0 Å². The van der Waals surface area contributed by atoms with E-state index in [1.54, 1.807) is 0 Å². The van der Waals surface area contributed by atoms with Crippen LogP contribution in [0.4, 0.5) is 5.69 Å². The second-order valence-electron chi connectivity index (χ2n) is 6.76. The van der Waals surface area contributed by atoms with Gasteiger partial charge in [0.25, 0.3) is 5.91 Å². The summed E-state index contributed by atoms with van der Waals surface area (Å²) < 4.78 is 8.40. The topological polar surface area (TPSA) is 55.6 Å². The molecular weight excluding hydrogens is 394 g/mol. The Morgan fingerprint density at radius 3 is 2.62 bits per heavy atom. The van der Waals surface area contributed by atoms with Crippen LogP contribution in [0.2, 0.25) is 0 Å². The van der Waals surface area contributed by atoms with Crippen LogP contribution in [0.1, 0.15) is 35.6 Å². The van der Waals surface area contributed by atoms with Crippen LogP contribution in [0.5, 0.6) is 5.75 Å². The standard InChI is InChI=1S/C20H22BrN3O2/c1-12(2)11-26-17-7-5-16(6-8-17)23-20(25)18-14(4)22-19-13(3)9-15(21)10-24(18)19/h5-10,12H,11H2,1-4H3,(H,23,25). The van der Waals surface area contributed by atoms with Crippen LogP contribution in [0.3, 0.4) is 0 Å². The molecule has 0 spiro atoms. The second-order valence-corrected chi connectivity index (χ2v) is 7.68. The molecule has 1 N–H and O–H groups in total. The summed E-state index contributed by atoms with van der Waals surface area (Å²) in [6, 6.07) is 9.39. The highest BCUT2D eigenvalue weighted by molar-refractivity contribution is 9.10. The summed E-state index contributed by atoms with van der Waals surface area (Å²) in [5.74, 6) is 1.07. The highest BCUT2D eigenvalue weighted by atomic mass is 79.9. The molecule has 26 heavy (non-hydrogen) atoms. The first-order valence-corrected chi connectivity index (χ1v) is 9.33. The Kier molecular flexibility index (Phi) is 5.32. The predicted octanol–water partition coefficient (Wildman–Crippen LogP) is 5.00. The maximum Gasteiger partial charge on any atom is 0.274 e. The number of benzene rings is 1. The van der Waals surface area contributed by atoms with Gasteiger partial charge in [0, 0.05) is 16.4 Å². The monoisotopic (exact) mass is 415 g/mol. The fraction of sp³-hybridized carbons (Fsp3) is 0.300. The Bertz CT molecular complexity index is 946. The summed E-state index contributed by atoms with van der Waals surface area (Å²) in [4.78, 5) is 17.3. The van der Waals surface area contributed by atoms with E-state index in [9.17, 15) is 4.79 Å². The highest BCUT2D eigenvalue weighted by Gasteiger charge is 2.18. The molecule has 0 atom stereocenters. The first-order chi connectivity index (χ1) is 12.3. The summed E-state index contributed by atoms with van der Waals surface area (Å²) in [7, 11) is 0. The number of hydrogen-bond acceptors (Lipinski definition) is 3. The number of pyridine rings is 1. The average Bonchev–Trinajstić information content (AvgIpc) is 2.90. The molecule has 1 amide bonds. The molecule has 1 aromatic carbocycles. The molecule has 0 fully saturated rings. The van der Waals surface area contributed by atoms with Gasteiger partial charge in [0.1, 0.15) is 17.1 Å². The Morgan fingerprint density at radius 1 is 1.27 bits per heavy atom. The molecule has 3 rings (SSSR count). The van der Waals surface area contributed by atoms with E-state index in [0.29, 0.717) is 29.6 Å². The molecular formula is C20H22BrN3O2. The normalized spacial score (nSPS) is 11.2. The van der Waals surface area contributed by atoms with Crippen LogP contribution >= 0.6 is 15.9 Å². The zero-order valence-corrected chi connectivity index (χ0v) is 16.9.